The molecule has 0 atom stereocenters. The second kappa shape index (κ2) is 11.1. The summed E-state index contributed by atoms with van der Waals surface area (Å²) in [6.07, 6.45) is 0. The summed E-state index contributed by atoms with van der Waals surface area (Å²) in [5.41, 5.74) is 3.76. The largest absolute Gasteiger partial charge is 0.634 e. The maximum Gasteiger partial charge on any atom is 0.634 e. The minimum absolute atomic E-state index is 0.599. The minimum atomic E-state index is -0.716. The maximum absolute atomic E-state index is 6.49. The van der Waals surface area contributed by atoms with Gasteiger partial charge in [-0.3, -0.25) is 0 Å². The van der Waals surface area contributed by atoms with E-state index in [0.717, 1.165) is 88.1 Å². The first-order valence-electron chi connectivity index (χ1n) is 16.6. The van der Waals surface area contributed by atoms with Gasteiger partial charge in [0, 0.05) is 27.3 Å². The van der Waals surface area contributed by atoms with Crippen LogP contribution in [0.1, 0.15) is 0 Å². The number of hydrogen-bond donors (Lipinski definition) is 0. The van der Waals surface area contributed by atoms with E-state index in [1.165, 1.54) is 0 Å². The number of para-hydroxylation sites is 4. The zero-order chi connectivity index (χ0) is 33.3. The fraction of sp³-hybridized carbons (Fsp3) is 0.0476. The molecule has 6 nitrogen and oxygen atoms in total. The highest BCUT2D eigenvalue weighted by Gasteiger charge is 2.40. The van der Waals surface area contributed by atoms with Crippen molar-refractivity contribution >= 4 is 68.3 Å². The Labute approximate surface area is 289 Å². The number of rotatable bonds is 5. The van der Waals surface area contributed by atoms with E-state index in [-0.39, 0.29) is 0 Å². The molecule has 0 bridgehead atoms. The minimum Gasteiger partial charge on any atom is -0.519 e. The van der Waals surface area contributed by atoms with Crippen molar-refractivity contribution in [3.8, 4) is 45.6 Å². The van der Waals surface area contributed by atoms with Gasteiger partial charge in [0.05, 0.1) is 14.2 Å². The molecule has 0 unspecified atom stereocenters. The van der Waals surface area contributed by atoms with Gasteiger partial charge in [-0.05, 0) is 86.4 Å². The molecule has 2 aliphatic rings. The predicted molar refractivity (Wildman–Crippen MR) is 201 cm³/mol. The summed E-state index contributed by atoms with van der Waals surface area (Å²) in [5.74, 6) is 4.31. The lowest BCUT2D eigenvalue weighted by atomic mass is 9.72. The second-order valence-electron chi connectivity index (χ2n) is 12.6. The third-order valence-electron chi connectivity index (χ3n) is 9.84. The van der Waals surface area contributed by atoms with Crippen LogP contribution < -0.4 is 39.0 Å². The second-order valence-corrected chi connectivity index (χ2v) is 12.6. The highest BCUT2D eigenvalue weighted by Crippen LogP contribution is 2.42. The van der Waals surface area contributed by atoms with Gasteiger partial charge in [-0.25, -0.2) is 0 Å². The molecule has 0 N–H and O–H groups in total. The monoisotopic (exact) mass is 650 g/mol. The predicted octanol–water partition coefficient (Wildman–Crippen LogP) is 8.32. The molecule has 50 heavy (non-hydrogen) atoms. The van der Waals surface area contributed by atoms with Crippen LogP contribution >= 0.6 is 0 Å². The Morgan fingerprint density at radius 2 is 1.00 bits per heavy atom. The Bertz CT molecular complexity index is 2620. The van der Waals surface area contributed by atoms with Gasteiger partial charge in [0.2, 0.25) is 0 Å². The lowest BCUT2D eigenvalue weighted by Gasteiger charge is -2.20. The van der Waals surface area contributed by atoms with Gasteiger partial charge in [-0.1, -0.05) is 84.9 Å². The van der Waals surface area contributed by atoms with Crippen LogP contribution in [0, 0.1) is 0 Å². The van der Waals surface area contributed by atoms with E-state index >= 15 is 0 Å². The summed E-state index contributed by atoms with van der Waals surface area (Å²) in [6.45, 7) is 0. The van der Waals surface area contributed by atoms with Crippen LogP contribution in [-0.4, -0.2) is 28.5 Å². The Balaban J connectivity index is 1.22. The number of methoxy groups -OCH3 is 2. The van der Waals surface area contributed by atoms with Crippen molar-refractivity contribution in [2.45, 2.75) is 0 Å². The Hall–Kier alpha value is -6.27. The zero-order valence-electron chi connectivity index (χ0n) is 27.3. The third kappa shape index (κ3) is 4.31. The first-order valence-corrected chi connectivity index (χ1v) is 16.6. The van der Waals surface area contributed by atoms with Crippen molar-refractivity contribution in [2.75, 3.05) is 14.2 Å². The first-order chi connectivity index (χ1) is 24.7. The van der Waals surface area contributed by atoms with Gasteiger partial charge in [0.1, 0.15) is 34.5 Å². The van der Waals surface area contributed by atoms with Crippen molar-refractivity contribution in [3.05, 3.63) is 133 Å². The standard InChI is InChI=1S/C42H28B2O6/c1-45-37-17-9-11-28-23-29-20-21-31(42(46-2)39(29)41(38(28)37)44-49-35-15-7-8-16-36(35)50-44)27-19-18-26-22-25-10-3-4-12-30(25)40(32(26)24-27)43-47-33-13-5-6-14-34(33)48-43/h3-24H,1-2H3. The molecule has 2 aliphatic heterocycles. The van der Waals surface area contributed by atoms with Crippen LogP contribution in [-0.2, 0) is 0 Å². The van der Waals surface area contributed by atoms with Gasteiger partial charge in [0.25, 0.3) is 0 Å². The summed E-state index contributed by atoms with van der Waals surface area (Å²) in [7, 11) is 2.09. The van der Waals surface area contributed by atoms with E-state index in [0.29, 0.717) is 11.5 Å². The van der Waals surface area contributed by atoms with Crippen molar-refractivity contribution < 1.29 is 28.1 Å². The molecule has 0 saturated heterocycles. The molecular weight excluding hydrogens is 622 g/mol. The maximum atomic E-state index is 6.49. The van der Waals surface area contributed by atoms with Gasteiger partial charge in [-0.15, -0.1) is 0 Å². The molecule has 0 saturated carbocycles. The van der Waals surface area contributed by atoms with E-state index in [9.17, 15) is 0 Å². The number of hydrogen-bond acceptors (Lipinski definition) is 6. The van der Waals surface area contributed by atoms with Gasteiger partial charge in [-0.2, -0.15) is 0 Å². The first kappa shape index (κ1) is 28.7. The van der Waals surface area contributed by atoms with E-state index in [1.54, 1.807) is 14.2 Å². The quantitative estimate of drug-likeness (QED) is 0.138. The highest BCUT2D eigenvalue weighted by atomic mass is 16.6. The molecule has 0 fully saturated rings. The van der Waals surface area contributed by atoms with E-state index < -0.39 is 14.2 Å². The lowest BCUT2D eigenvalue weighted by molar-refractivity contribution is 0.419. The zero-order valence-corrected chi connectivity index (χ0v) is 27.3. The van der Waals surface area contributed by atoms with Gasteiger partial charge >= 0.3 is 14.2 Å². The molecule has 0 aliphatic carbocycles. The van der Waals surface area contributed by atoms with E-state index in [2.05, 4.69) is 72.8 Å². The van der Waals surface area contributed by atoms with Gasteiger partial charge in [0.15, 0.2) is 0 Å². The van der Waals surface area contributed by atoms with Crippen molar-refractivity contribution in [1.29, 1.82) is 0 Å². The summed E-state index contributed by atoms with van der Waals surface area (Å²) in [4.78, 5) is 0. The summed E-state index contributed by atoms with van der Waals surface area (Å²) < 4.78 is 38.1. The van der Waals surface area contributed by atoms with Crippen LogP contribution in [0.15, 0.2) is 133 Å². The summed E-state index contributed by atoms with van der Waals surface area (Å²) in [6, 6.07) is 45.2. The third-order valence-corrected chi connectivity index (χ3v) is 9.84. The molecule has 0 spiro atoms. The van der Waals surface area contributed by atoms with Crippen molar-refractivity contribution in [1.82, 2.24) is 0 Å². The van der Waals surface area contributed by atoms with Crippen LogP contribution in [0.4, 0.5) is 0 Å². The number of ether oxygens (including phenoxy) is 2. The molecule has 0 amide bonds. The topological polar surface area (TPSA) is 55.4 Å². The highest BCUT2D eigenvalue weighted by molar-refractivity contribution is 6.71. The molecule has 238 valence electrons. The fourth-order valence-corrected chi connectivity index (χ4v) is 7.64. The SMILES string of the molecule is COc1cccc2cc3ccc(-c4ccc5cc6ccccc6c(B6Oc7ccccc7O6)c5c4)c(OC)c3c(B3Oc4ccccc4O3)c12. The van der Waals surface area contributed by atoms with Crippen molar-refractivity contribution in [3.63, 3.8) is 0 Å². The molecule has 0 radical (unpaired) electrons. The average Bonchev–Trinajstić information content (AvgIpc) is 3.79. The normalized spacial score (nSPS) is 13.2. The molecule has 8 aromatic rings. The smallest absolute Gasteiger partial charge is 0.519 e. The Morgan fingerprint density at radius 3 is 1.68 bits per heavy atom. The van der Waals surface area contributed by atoms with Crippen LogP contribution in [0.25, 0.3) is 54.2 Å². The summed E-state index contributed by atoms with van der Waals surface area (Å²) in [5, 5.41) is 8.17. The lowest BCUT2D eigenvalue weighted by Crippen LogP contribution is -2.40. The Kier molecular flexibility index (Phi) is 6.40. The molecule has 8 heteroatoms. The van der Waals surface area contributed by atoms with E-state index in [1.807, 2.05) is 60.7 Å². The van der Waals surface area contributed by atoms with Crippen LogP contribution in [0.2, 0.25) is 0 Å². The molecule has 0 aromatic heterocycles. The summed E-state index contributed by atoms with van der Waals surface area (Å²) >= 11 is 0. The molecule has 8 aromatic carbocycles. The van der Waals surface area contributed by atoms with Crippen LogP contribution in [0.3, 0.4) is 0 Å². The fourth-order valence-electron chi connectivity index (χ4n) is 7.64. The van der Waals surface area contributed by atoms with E-state index in [4.69, 9.17) is 28.1 Å². The number of benzene rings is 8. The molecular formula is C42H28B2O6. The Morgan fingerprint density at radius 1 is 0.440 bits per heavy atom. The van der Waals surface area contributed by atoms with Crippen molar-refractivity contribution in [2.24, 2.45) is 0 Å². The molecule has 10 rings (SSSR count). The average molecular weight is 650 g/mol. The van der Waals surface area contributed by atoms with Crippen LogP contribution in [0.5, 0.6) is 34.5 Å². The van der Waals surface area contributed by atoms with Gasteiger partial charge < -0.3 is 28.1 Å². The molecule has 2 heterocycles. The number of fused-ring (bicyclic) bond motifs is 6.